The highest BCUT2D eigenvalue weighted by atomic mass is 32.1. The Hall–Kier alpha value is -0.940. The van der Waals surface area contributed by atoms with Crippen LogP contribution in [0.1, 0.15) is 97.3 Å². The fourth-order valence-corrected chi connectivity index (χ4v) is 4.72. The van der Waals surface area contributed by atoms with Crippen LogP contribution in [0.4, 0.5) is 0 Å². The van der Waals surface area contributed by atoms with Gasteiger partial charge in [0.2, 0.25) is 5.11 Å². The van der Waals surface area contributed by atoms with Gasteiger partial charge in [-0.25, -0.2) is 0 Å². The van der Waals surface area contributed by atoms with Gasteiger partial charge in [0.05, 0.1) is 6.10 Å². The molecule has 0 aromatic rings. The van der Waals surface area contributed by atoms with Crippen molar-refractivity contribution >= 4 is 23.2 Å². The Morgan fingerprint density at radius 3 is 2.39 bits per heavy atom. The normalized spacial score (nSPS) is 21.5. The molecule has 0 aromatic heterocycles. The number of rotatable bonds is 14. The van der Waals surface area contributed by atoms with E-state index in [0.29, 0.717) is 23.1 Å². The van der Waals surface area contributed by atoms with E-state index in [1.54, 1.807) is 5.57 Å². The van der Waals surface area contributed by atoms with E-state index in [1.807, 2.05) is 7.11 Å². The van der Waals surface area contributed by atoms with Crippen molar-refractivity contribution in [1.29, 1.82) is 0 Å². The third-order valence-corrected chi connectivity index (χ3v) is 6.32. The fraction of sp³-hybridized carbons (Fsp3) is 0.826. The molecule has 1 aliphatic carbocycles. The molecule has 0 N–H and O–H groups in total. The van der Waals surface area contributed by atoms with E-state index < -0.39 is 0 Å². The van der Waals surface area contributed by atoms with Crippen molar-refractivity contribution in [1.82, 2.24) is 0 Å². The molecule has 2 rings (SSSR count). The number of hydrogen-bond donors (Lipinski definition) is 0. The second-order valence-electron chi connectivity index (χ2n) is 8.28. The average Bonchev–Trinajstić information content (AvgIpc) is 3.15. The number of azo groups is 1. The standard InChI is InChI=1S/C23H39N3OS/c1-4-6-7-8-9-10-11-16-21(22-24-23(28)26-25-22)20(13-5-2)18-14-12-15-19(17-18)27-3/h14,19-21H,4-13,15-17H2,1-3H3. The van der Waals surface area contributed by atoms with Crippen LogP contribution in [0.2, 0.25) is 0 Å². The quantitative estimate of drug-likeness (QED) is 0.171. The Balaban J connectivity index is 2.03. The third kappa shape index (κ3) is 7.47. The first-order chi connectivity index (χ1) is 13.7. The second-order valence-corrected chi connectivity index (χ2v) is 8.65. The van der Waals surface area contributed by atoms with Crippen LogP contribution < -0.4 is 0 Å². The summed E-state index contributed by atoms with van der Waals surface area (Å²) in [5.74, 6) is 1.69. The molecular weight excluding hydrogens is 366 g/mol. The first kappa shape index (κ1) is 23.3. The summed E-state index contributed by atoms with van der Waals surface area (Å²) in [5, 5.41) is 8.80. The van der Waals surface area contributed by atoms with Gasteiger partial charge in [-0.1, -0.05) is 76.9 Å². The van der Waals surface area contributed by atoms with Crippen molar-refractivity contribution in [2.75, 3.05) is 7.11 Å². The fourth-order valence-electron chi connectivity index (χ4n) is 4.59. The van der Waals surface area contributed by atoms with Gasteiger partial charge in [-0.05, 0) is 50.2 Å². The minimum absolute atomic E-state index is 0.335. The lowest BCUT2D eigenvalue weighted by Gasteiger charge is -2.32. The molecule has 158 valence electrons. The van der Waals surface area contributed by atoms with Gasteiger partial charge in [-0.2, -0.15) is 4.99 Å². The molecular formula is C23H39N3OS. The van der Waals surface area contributed by atoms with Crippen molar-refractivity contribution in [3.63, 3.8) is 0 Å². The zero-order valence-electron chi connectivity index (χ0n) is 18.2. The van der Waals surface area contributed by atoms with Crippen LogP contribution in [0.3, 0.4) is 0 Å². The van der Waals surface area contributed by atoms with E-state index in [4.69, 9.17) is 17.0 Å². The van der Waals surface area contributed by atoms with Gasteiger partial charge in [0.25, 0.3) is 0 Å². The molecule has 0 saturated heterocycles. The van der Waals surface area contributed by atoms with E-state index in [9.17, 15) is 0 Å². The maximum Gasteiger partial charge on any atom is 0.241 e. The summed E-state index contributed by atoms with van der Waals surface area (Å²) in [6, 6.07) is 0. The number of hydrogen-bond acceptors (Lipinski definition) is 3. The number of methoxy groups -OCH3 is 1. The highest BCUT2D eigenvalue weighted by molar-refractivity contribution is 7.80. The zero-order valence-corrected chi connectivity index (χ0v) is 19.0. The van der Waals surface area contributed by atoms with Crippen LogP contribution in [0.15, 0.2) is 26.9 Å². The van der Waals surface area contributed by atoms with Crippen LogP contribution in [0.5, 0.6) is 0 Å². The predicted octanol–water partition coefficient (Wildman–Crippen LogP) is 7.43. The molecule has 0 amide bonds. The molecule has 0 radical (unpaired) electrons. The summed E-state index contributed by atoms with van der Waals surface area (Å²) in [6.45, 7) is 4.55. The van der Waals surface area contributed by atoms with Crippen LogP contribution in [0, 0.1) is 11.8 Å². The topological polar surface area (TPSA) is 46.3 Å². The van der Waals surface area contributed by atoms with E-state index in [0.717, 1.165) is 31.5 Å². The molecule has 5 heteroatoms. The lowest BCUT2D eigenvalue weighted by atomic mass is 9.75. The van der Waals surface area contributed by atoms with Gasteiger partial charge in [-0.3, -0.25) is 0 Å². The monoisotopic (exact) mass is 405 g/mol. The summed E-state index contributed by atoms with van der Waals surface area (Å²) in [4.78, 5) is 4.52. The Bertz CT molecular complexity index is 570. The molecule has 0 spiro atoms. The summed E-state index contributed by atoms with van der Waals surface area (Å²) in [5.41, 5.74) is 1.55. The number of allylic oxidation sites excluding steroid dienone is 1. The van der Waals surface area contributed by atoms with Gasteiger partial charge in [-0.15, -0.1) is 10.2 Å². The lowest BCUT2D eigenvalue weighted by Crippen LogP contribution is -2.28. The Morgan fingerprint density at radius 2 is 1.75 bits per heavy atom. The highest BCUT2D eigenvalue weighted by Gasteiger charge is 2.32. The molecule has 0 bridgehead atoms. The van der Waals surface area contributed by atoms with Crippen molar-refractivity contribution in [2.24, 2.45) is 27.1 Å². The smallest absolute Gasteiger partial charge is 0.241 e. The minimum Gasteiger partial charge on any atom is -0.381 e. The summed E-state index contributed by atoms with van der Waals surface area (Å²) in [7, 11) is 1.84. The van der Waals surface area contributed by atoms with Crippen LogP contribution >= 0.6 is 12.2 Å². The van der Waals surface area contributed by atoms with E-state index in [2.05, 4.69) is 35.1 Å². The van der Waals surface area contributed by atoms with Crippen molar-refractivity contribution in [3.05, 3.63) is 11.6 Å². The molecule has 0 saturated carbocycles. The van der Waals surface area contributed by atoms with Gasteiger partial charge in [0, 0.05) is 13.0 Å². The van der Waals surface area contributed by atoms with Crippen LogP contribution in [-0.4, -0.2) is 24.2 Å². The molecule has 0 aromatic carbocycles. The Morgan fingerprint density at radius 1 is 1.00 bits per heavy atom. The predicted molar refractivity (Wildman–Crippen MR) is 122 cm³/mol. The molecule has 0 fully saturated rings. The zero-order chi connectivity index (χ0) is 20.2. The first-order valence-electron chi connectivity index (χ1n) is 11.5. The van der Waals surface area contributed by atoms with Crippen molar-refractivity contribution < 1.29 is 4.74 Å². The van der Waals surface area contributed by atoms with Crippen molar-refractivity contribution in [3.8, 4) is 0 Å². The van der Waals surface area contributed by atoms with E-state index in [1.165, 1.54) is 57.8 Å². The first-order valence-corrected chi connectivity index (χ1v) is 11.9. The SMILES string of the molecule is CCCCCCCCCC(C1=NC(=S)N=N1)C(CCC)C1=CCCC(OC)C1. The largest absolute Gasteiger partial charge is 0.381 e. The molecule has 3 atom stereocenters. The van der Waals surface area contributed by atoms with E-state index >= 15 is 0 Å². The number of amidine groups is 1. The third-order valence-electron chi connectivity index (χ3n) is 6.15. The summed E-state index contributed by atoms with van der Waals surface area (Å²) >= 11 is 5.17. The summed E-state index contributed by atoms with van der Waals surface area (Å²) < 4.78 is 5.68. The molecule has 2 aliphatic rings. The average molecular weight is 406 g/mol. The molecule has 28 heavy (non-hydrogen) atoms. The molecule has 1 aliphatic heterocycles. The lowest BCUT2D eigenvalue weighted by molar-refractivity contribution is 0.0885. The maximum atomic E-state index is 5.68. The van der Waals surface area contributed by atoms with Crippen LogP contribution in [-0.2, 0) is 4.74 Å². The van der Waals surface area contributed by atoms with Gasteiger partial charge in [0.1, 0.15) is 0 Å². The van der Waals surface area contributed by atoms with Crippen molar-refractivity contribution in [2.45, 2.75) is 103 Å². The molecule has 4 nitrogen and oxygen atoms in total. The Labute approximate surface area is 177 Å². The highest BCUT2D eigenvalue weighted by Crippen LogP contribution is 2.37. The summed E-state index contributed by atoms with van der Waals surface area (Å²) in [6.07, 6.45) is 18.9. The van der Waals surface area contributed by atoms with Gasteiger partial charge >= 0.3 is 0 Å². The number of thiocarbonyl (C=S) groups is 1. The van der Waals surface area contributed by atoms with Gasteiger partial charge in [0.15, 0.2) is 5.84 Å². The van der Waals surface area contributed by atoms with E-state index in [-0.39, 0.29) is 0 Å². The Kier molecular flexibility index (Phi) is 11.1. The number of unbranched alkanes of at least 4 members (excludes halogenated alkanes) is 6. The number of nitrogens with zero attached hydrogens (tertiary/aromatic N) is 3. The number of aliphatic imine (C=N–C) groups is 1. The second kappa shape index (κ2) is 13.3. The minimum atomic E-state index is 0.335. The van der Waals surface area contributed by atoms with Crippen LogP contribution in [0.25, 0.3) is 0 Å². The number of ether oxygens (including phenoxy) is 1. The molecule has 1 heterocycles. The maximum absolute atomic E-state index is 5.68. The molecule has 3 unspecified atom stereocenters. The van der Waals surface area contributed by atoms with Gasteiger partial charge < -0.3 is 4.74 Å².